The van der Waals surface area contributed by atoms with Crippen LogP contribution >= 0.6 is 0 Å². The third kappa shape index (κ3) is 3.58. The van der Waals surface area contributed by atoms with E-state index in [2.05, 4.69) is 47.1 Å². The van der Waals surface area contributed by atoms with Crippen LogP contribution in [0.5, 0.6) is 0 Å². The second kappa shape index (κ2) is 6.80. The molecule has 0 radical (unpaired) electrons. The smallest absolute Gasteiger partial charge is 0.0366 e. The lowest BCUT2D eigenvalue weighted by molar-refractivity contribution is 0.0988. The van der Waals surface area contributed by atoms with E-state index in [1.54, 1.807) is 0 Å². The van der Waals surface area contributed by atoms with Crippen LogP contribution in [-0.4, -0.2) is 43.2 Å². The van der Waals surface area contributed by atoms with E-state index in [1.165, 1.54) is 57.5 Å². The first-order chi connectivity index (χ1) is 10.2. The Labute approximate surface area is 129 Å². The van der Waals surface area contributed by atoms with Gasteiger partial charge in [-0.3, -0.25) is 4.90 Å². The molecule has 2 fully saturated rings. The van der Waals surface area contributed by atoms with Crippen molar-refractivity contribution in [2.75, 3.05) is 31.1 Å². The lowest BCUT2D eigenvalue weighted by Crippen LogP contribution is -2.50. The van der Waals surface area contributed by atoms with E-state index >= 15 is 0 Å². The SMILES string of the molecule is CC(N)C1CCCN(C2CCN(c3ccccc3)CC2)C1. The monoisotopic (exact) mass is 287 g/mol. The van der Waals surface area contributed by atoms with E-state index in [-0.39, 0.29) is 0 Å². The standard InChI is InChI=1S/C18H29N3/c1-15(19)16-6-5-11-21(14-16)18-9-12-20(13-10-18)17-7-3-2-4-8-17/h2-4,7-8,15-16,18H,5-6,9-14,19H2,1H3. The number of benzene rings is 1. The molecular weight excluding hydrogens is 258 g/mol. The average Bonchev–Trinajstić information content (AvgIpc) is 2.56. The number of rotatable bonds is 3. The van der Waals surface area contributed by atoms with Gasteiger partial charge in [0.1, 0.15) is 0 Å². The maximum atomic E-state index is 6.12. The van der Waals surface area contributed by atoms with Crippen LogP contribution < -0.4 is 10.6 Å². The van der Waals surface area contributed by atoms with Gasteiger partial charge in [-0.15, -0.1) is 0 Å². The summed E-state index contributed by atoms with van der Waals surface area (Å²) in [7, 11) is 0. The first kappa shape index (κ1) is 14.9. The molecule has 0 spiro atoms. The Bertz CT molecular complexity index is 423. The molecule has 2 aliphatic rings. The van der Waals surface area contributed by atoms with E-state index in [4.69, 9.17) is 5.73 Å². The minimum absolute atomic E-state index is 0.345. The van der Waals surface area contributed by atoms with E-state index < -0.39 is 0 Å². The van der Waals surface area contributed by atoms with Crippen LogP contribution in [0.1, 0.15) is 32.6 Å². The summed E-state index contributed by atoms with van der Waals surface area (Å²) in [4.78, 5) is 5.25. The molecule has 0 aromatic heterocycles. The van der Waals surface area contributed by atoms with Gasteiger partial charge in [0, 0.05) is 37.4 Å². The average molecular weight is 287 g/mol. The predicted octanol–water partition coefficient (Wildman–Crippen LogP) is 2.71. The molecule has 2 aliphatic heterocycles. The molecule has 3 nitrogen and oxygen atoms in total. The molecule has 3 rings (SSSR count). The van der Waals surface area contributed by atoms with Crippen LogP contribution in [0, 0.1) is 5.92 Å². The molecule has 0 aliphatic carbocycles. The quantitative estimate of drug-likeness (QED) is 0.928. The summed E-state index contributed by atoms with van der Waals surface area (Å²) >= 11 is 0. The molecule has 2 heterocycles. The van der Waals surface area contributed by atoms with Gasteiger partial charge in [0.15, 0.2) is 0 Å². The second-order valence-electron chi connectivity index (χ2n) is 6.81. The van der Waals surface area contributed by atoms with Crippen molar-refractivity contribution < 1.29 is 0 Å². The molecule has 1 aromatic rings. The van der Waals surface area contributed by atoms with Gasteiger partial charge in [-0.05, 0) is 57.2 Å². The number of para-hydroxylation sites is 1. The third-order valence-corrected chi connectivity index (χ3v) is 5.34. The molecule has 2 N–H and O–H groups in total. The molecule has 21 heavy (non-hydrogen) atoms. The molecule has 2 saturated heterocycles. The Morgan fingerprint density at radius 3 is 2.43 bits per heavy atom. The van der Waals surface area contributed by atoms with Crippen LogP contribution in [0.2, 0.25) is 0 Å². The number of hydrogen-bond donors (Lipinski definition) is 1. The lowest BCUT2D eigenvalue weighted by atomic mass is 9.90. The van der Waals surface area contributed by atoms with Crippen LogP contribution in [0.4, 0.5) is 5.69 Å². The summed E-state index contributed by atoms with van der Waals surface area (Å²) < 4.78 is 0. The fraction of sp³-hybridized carbons (Fsp3) is 0.667. The summed E-state index contributed by atoms with van der Waals surface area (Å²) in [5.74, 6) is 0.700. The van der Waals surface area contributed by atoms with Crippen molar-refractivity contribution in [3.05, 3.63) is 30.3 Å². The van der Waals surface area contributed by atoms with E-state index in [9.17, 15) is 0 Å². The Kier molecular flexibility index (Phi) is 4.81. The predicted molar refractivity (Wildman–Crippen MR) is 89.6 cm³/mol. The van der Waals surface area contributed by atoms with Gasteiger partial charge >= 0.3 is 0 Å². The van der Waals surface area contributed by atoms with Crippen molar-refractivity contribution in [3.63, 3.8) is 0 Å². The van der Waals surface area contributed by atoms with Gasteiger partial charge in [-0.2, -0.15) is 0 Å². The van der Waals surface area contributed by atoms with E-state index in [0.29, 0.717) is 12.0 Å². The first-order valence-electron chi connectivity index (χ1n) is 8.53. The Hall–Kier alpha value is -1.06. The zero-order valence-electron chi connectivity index (χ0n) is 13.2. The van der Waals surface area contributed by atoms with Gasteiger partial charge in [0.05, 0.1) is 0 Å². The minimum atomic E-state index is 0.345. The van der Waals surface area contributed by atoms with Gasteiger partial charge in [0.25, 0.3) is 0 Å². The molecule has 1 aromatic carbocycles. The number of anilines is 1. The largest absolute Gasteiger partial charge is 0.371 e. The summed E-state index contributed by atoms with van der Waals surface area (Å²) in [5, 5.41) is 0. The van der Waals surface area contributed by atoms with Gasteiger partial charge in [-0.1, -0.05) is 18.2 Å². The van der Waals surface area contributed by atoms with Crippen molar-refractivity contribution in [3.8, 4) is 0 Å². The number of nitrogens with two attached hydrogens (primary N) is 1. The Morgan fingerprint density at radius 1 is 1.05 bits per heavy atom. The molecule has 0 saturated carbocycles. The molecule has 0 amide bonds. The second-order valence-corrected chi connectivity index (χ2v) is 6.81. The van der Waals surface area contributed by atoms with Crippen LogP contribution in [0.25, 0.3) is 0 Å². The molecule has 0 bridgehead atoms. The first-order valence-corrected chi connectivity index (χ1v) is 8.53. The Balaban J connectivity index is 1.53. The number of likely N-dealkylation sites (tertiary alicyclic amines) is 1. The van der Waals surface area contributed by atoms with Crippen molar-refractivity contribution in [2.24, 2.45) is 11.7 Å². The topological polar surface area (TPSA) is 32.5 Å². The van der Waals surface area contributed by atoms with Gasteiger partial charge in [-0.25, -0.2) is 0 Å². The van der Waals surface area contributed by atoms with Crippen LogP contribution in [0.3, 0.4) is 0 Å². The lowest BCUT2D eigenvalue weighted by Gasteiger charge is -2.43. The summed E-state index contributed by atoms with van der Waals surface area (Å²) in [6.07, 6.45) is 5.23. The van der Waals surface area contributed by atoms with E-state index in [1.807, 2.05) is 0 Å². The molecule has 116 valence electrons. The normalized spacial score (nSPS) is 26.8. The third-order valence-electron chi connectivity index (χ3n) is 5.34. The molecule has 3 heteroatoms. The highest BCUT2D eigenvalue weighted by molar-refractivity contribution is 5.46. The molecule has 2 unspecified atom stereocenters. The van der Waals surface area contributed by atoms with Crippen LogP contribution in [-0.2, 0) is 0 Å². The highest BCUT2D eigenvalue weighted by Crippen LogP contribution is 2.27. The molecule has 2 atom stereocenters. The Morgan fingerprint density at radius 2 is 1.76 bits per heavy atom. The zero-order valence-corrected chi connectivity index (χ0v) is 13.2. The number of nitrogens with zero attached hydrogens (tertiary/aromatic N) is 2. The summed E-state index contributed by atoms with van der Waals surface area (Å²) in [6, 6.07) is 11.9. The highest BCUT2D eigenvalue weighted by atomic mass is 15.2. The van der Waals surface area contributed by atoms with Crippen molar-refractivity contribution >= 4 is 5.69 Å². The van der Waals surface area contributed by atoms with Crippen molar-refractivity contribution in [1.29, 1.82) is 0 Å². The van der Waals surface area contributed by atoms with Crippen molar-refractivity contribution in [2.45, 2.75) is 44.7 Å². The minimum Gasteiger partial charge on any atom is -0.371 e. The van der Waals surface area contributed by atoms with Gasteiger partial charge < -0.3 is 10.6 Å². The number of hydrogen-bond acceptors (Lipinski definition) is 3. The summed E-state index contributed by atoms with van der Waals surface area (Å²) in [5.41, 5.74) is 7.50. The van der Waals surface area contributed by atoms with Gasteiger partial charge in [0.2, 0.25) is 0 Å². The maximum absolute atomic E-state index is 6.12. The highest BCUT2D eigenvalue weighted by Gasteiger charge is 2.29. The number of piperidine rings is 2. The van der Waals surface area contributed by atoms with Crippen LogP contribution in [0.15, 0.2) is 30.3 Å². The fourth-order valence-corrected chi connectivity index (χ4v) is 3.93. The molecular formula is C18H29N3. The summed E-state index contributed by atoms with van der Waals surface area (Å²) in [6.45, 7) is 7.04. The zero-order chi connectivity index (χ0) is 14.7. The maximum Gasteiger partial charge on any atom is 0.0366 e. The van der Waals surface area contributed by atoms with Crippen molar-refractivity contribution in [1.82, 2.24) is 4.90 Å². The fourth-order valence-electron chi connectivity index (χ4n) is 3.93. The van der Waals surface area contributed by atoms with E-state index in [0.717, 1.165) is 6.04 Å².